The van der Waals surface area contributed by atoms with E-state index in [0.717, 1.165) is 11.1 Å². The van der Waals surface area contributed by atoms with Crippen LogP contribution in [0.5, 0.6) is 0 Å². The molecule has 0 aliphatic heterocycles. The van der Waals surface area contributed by atoms with E-state index in [-0.39, 0.29) is 11.2 Å². The van der Waals surface area contributed by atoms with E-state index >= 15 is 0 Å². The fraction of sp³-hybridized carbons (Fsp3) is 0.214. The maximum absolute atomic E-state index is 11.9. The highest BCUT2D eigenvalue weighted by atomic mass is 16.6. The van der Waals surface area contributed by atoms with Gasteiger partial charge in [0.15, 0.2) is 0 Å². The van der Waals surface area contributed by atoms with Crippen molar-refractivity contribution in [3.63, 3.8) is 0 Å². The van der Waals surface area contributed by atoms with E-state index in [9.17, 15) is 14.9 Å². The number of aryl methyl sites for hydroxylation is 2. The number of hydrogen-bond acceptors (Lipinski definition) is 3. The van der Waals surface area contributed by atoms with Gasteiger partial charge < -0.3 is 4.57 Å². The van der Waals surface area contributed by atoms with Crippen LogP contribution in [-0.2, 0) is 6.54 Å². The lowest BCUT2D eigenvalue weighted by Gasteiger charge is -2.09. The minimum Gasteiger partial charge on any atom is -0.304 e. The predicted molar refractivity (Wildman–Crippen MR) is 72.4 cm³/mol. The lowest BCUT2D eigenvalue weighted by Crippen LogP contribution is -2.21. The van der Waals surface area contributed by atoms with Crippen LogP contribution in [0, 0.1) is 24.0 Å². The molecule has 0 saturated heterocycles. The first-order valence-electron chi connectivity index (χ1n) is 5.89. The zero-order valence-corrected chi connectivity index (χ0v) is 10.8. The summed E-state index contributed by atoms with van der Waals surface area (Å²) in [6.45, 7) is 3.85. The molecule has 0 saturated carbocycles. The normalized spacial score (nSPS) is 10.4. The molecule has 0 spiro atoms. The third kappa shape index (κ3) is 2.70. The third-order valence-electron chi connectivity index (χ3n) is 3.10. The number of aromatic nitrogens is 1. The van der Waals surface area contributed by atoms with Crippen LogP contribution in [0.1, 0.15) is 16.7 Å². The molecule has 0 unspecified atom stereocenters. The van der Waals surface area contributed by atoms with Crippen molar-refractivity contribution in [1.29, 1.82) is 0 Å². The first-order chi connectivity index (χ1) is 8.99. The molecule has 98 valence electrons. The number of rotatable bonds is 3. The van der Waals surface area contributed by atoms with Crippen LogP contribution in [0.15, 0.2) is 41.3 Å². The zero-order valence-electron chi connectivity index (χ0n) is 10.8. The summed E-state index contributed by atoms with van der Waals surface area (Å²) in [5.41, 5.74) is 2.15. The summed E-state index contributed by atoms with van der Waals surface area (Å²) in [5, 5.41) is 10.9. The van der Waals surface area contributed by atoms with Crippen molar-refractivity contribution in [2.75, 3.05) is 0 Å². The maximum Gasteiger partial charge on any atom is 0.288 e. The summed E-state index contributed by atoms with van der Waals surface area (Å²) in [6, 6.07) is 8.96. The van der Waals surface area contributed by atoms with E-state index in [1.54, 1.807) is 6.92 Å². The van der Waals surface area contributed by atoms with Crippen LogP contribution in [0.25, 0.3) is 0 Å². The smallest absolute Gasteiger partial charge is 0.288 e. The second-order valence-electron chi connectivity index (χ2n) is 4.49. The second-order valence-corrected chi connectivity index (χ2v) is 4.49. The average Bonchev–Trinajstić information content (AvgIpc) is 2.34. The molecule has 0 amide bonds. The zero-order chi connectivity index (χ0) is 14.0. The molecular formula is C14H14N2O3. The van der Waals surface area contributed by atoms with Crippen molar-refractivity contribution >= 4 is 5.69 Å². The average molecular weight is 258 g/mol. The quantitative estimate of drug-likeness (QED) is 0.627. The third-order valence-corrected chi connectivity index (χ3v) is 3.10. The second kappa shape index (κ2) is 5.06. The summed E-state index contributed by atoms with van der Waals surface area (Å²) in [5.74, 6) is 0. The molecular weight excluding hydrogens is 244 g/mol. The highest BCUT2D eigenvalue weighted by Gasteiger charge is 2.13. The van der Waals surface area contributed by atoms with Crippen LogP contribution in [0.2, 0.25) is 0 Å². The van der Waals surface area contributed by atoms with Crippen LogP contribution in [-0.4, -0.2) is 9.49 Å². The minimum absolute atomic E-state index is 0.0341. The van der Waals surface area contributed by atoms with Gasteiger partial charge in [-0.1, -0.05) is 24.3 Å². The van der Waals surface area contributed by atoms with Gasteiger partial charge in [0.05, 0.1) is 17.7 Å². The molecule has 1 heterocycles. The van der Waals surface area contributed by atoms with Crippen molar-refractivity contribution in [2.45, 2.75) is 20.4 Å². The fourth-order valence-corrected chi connectivity index (χ4v) is 1.94. The minimum atomic E-state index is -0.469. The Hall–Kier alpha value is -2.43. The number of benzene rings is 1. The molecule has 1 aromatic carbocycles. The lowest BCUT2D eigenvalue weighted by atomic mass is 10.1. The SMILES string of the molecule is Cc1ccccc1Cn1cc([N+](=O)[O-])c(C)cc1=O. The van der Waals surface area contributed by atoms with E-state index in [1.165, 1.54) is 16.8 Å². The fourth-order valence-electron chi connectivity index (χ4n) is 1.94. The van der Waals surface area contributed by atoms with Gasteiger partial charge in [0.25, 0.3) is 11.2 Å². The van der Waals surface area contributed by atoms with Gasteiger partial charge in [-0.2, -0.15) is 0 Å². The van der Waals surface area contributed by atoms with E-state index in [2.05, 4.69) is 0 Å². The molecule has 5 nitrogen and oxygen atoms in total. The molecule has 0 aliphatic carbocycles. The Kier molecular flexibility index (Phi) is 3.46. The van der Waals surface area contributed by atoms with Gasteiger partial charge in [-0.3, -0.25) is 14.9 Å². The Labute approximate surface area is 110 Å². The van der Waals surface area contributed by atoms with Crippen molar-refractivity contribution in [3.05, 3.63) is 73.7 Å². The van der Waals surface area contributed by atoms with E-state index < -0.39 is 4.92 Å². The van der Waals surface area contributed by atoms with Gasteiger partial charge >= 0.3 is 0 Å². The Balaban J connectivity index is 2.46. The molecule has 0 atom stereocenters. The van der Waals surface area contributed by atoms with Gasteiger partial charge in [0, 0.05) is 11.6 Å². The van der Waals surface area contributed by atoms with Gasteiger partial charge in [-0.05, 0) is 25.0 Å². The van der Waals surface area contributed by atoms with E-state index in [0.29, 0.717) is 12.1 Å². The van der Waals surface area contributed by atoms with Crippen LogP contribution < -0.4 is 5.56 Å². The van der Waals surface area contributed by atoms with E-state index in [4.69, 9.17) is 0 Å². The van der Waals surface area contributed by atoms with Gasteiger partial charge in [0.2, 0.25) is 0 Å². The van der Waals surface area contributed by atoms with Crippen LogP contribution in [0.3, 0.4) is 0 Å². The number of hydrogen-bond donors (Lipinski definition) is 0. The molecule has 0 bridgehead atoms. The van der Waals surface area contributed by atoms with E-state index in [1.807, 2.05) is 31.2 Å². The van der Waals surface area contributed by atoms with Gasteiger partial charge in [0.1, 0.15) is 0 Å². The van der Waals surface area contributed by atoms with Gasteiger partial charge in [-0.15, -0.1) is 0 Å². The molecule has 1 aromatic heterocycles. The highest BCUT2D eigenvalue weighted by Crippen LogP contribution is 2.15. The standard InChI is InChI=1S/C14H14N2O3/c1-10-5-3-4-6-12(10)8-15-9-13(16(18)19)11(2)7-14(15)17/h3-7,9H,8H2,1-2H3. The summed E-state index contributed by atoms with van der Waals surface area (Å²) >= 11 is 0. The summed E-state index contributed by atoms with van der Waals surface area (Å²) < 4.78 is 1.37. The molecule has 2 aromatic rings. The Morgan fingerprint density at radius 3 is 2.53 bits per heavy atom. The number of nitrogens with zero attached hydrogens (tertiary/aromatic N) is 2. The summed E-state index contributed by atoms with van der Waals surface area (Å²) in [4.78, 5) is 22.3. The van der Waals surface area contributed by atoms with Gasteiger partial charge in [-0.25, -0.2) is 0 Å². The number of pyridine rings is 1. The first kappa shape index (κ1) is 13.0. The number of nitro groups is 1. The van der Waals surface area contributed by atoms with Crippen molar-refractivity contribution in [1.82, 2.24) is 4.57 Å². The molecule has 5 heteroatoms. The molecule has 2 rings (SSSR count). The van der Waals surface area contributed by atoms with Crippen LogP contribution >= 0.6 is 0 Å². The first-order valence-corrected chi connectivity index (χ1v) is 5.89. The molecule has 0 radical (unpaired) electrons. The molecule has 0 N–H and O–H groups in total. The van der Waals surface area contributed by atoms with Crippen molar-refractivity contribution in [3.8, 4) is 0 Å². The molecule has 0 aliphatic rings. The highest BCUT2D eigenvalue weighted by molar-refractivity contribution is 5.36. The molecule has 0 fully saturated rings. The summed E-state index contributed by atoms with van der Waals surface area (Å²) in [6.07, 6.45) is 1.31. The lowest BCUT2D eigenvalue weighted by molar-refractivity contribution is -0.385. The van der Waals surface area contributed by atoms with Crippen molar-refractivity contribution in [2.24, 2.45) is 0 Å². The topological polar surface area (TPSA) is 65.1 Å². The molecule has 19 heavy (non-hydrogen) atoms. The van der Waals surface area contributed by atoms with Crippen molar-refractivity contribution < 1.29 is 4.92 Å². The monoisotopic (exact) mass is 258 g/mol. The predicted octanol–water partition coefficient (Wildman–Crippen LogP) is 2.42. The Morgan fingerprint density at radius 2 is 1.89 bits per heavy atom. The Bertz CT molecular complexity index is 689. The Morgan fingerprint density at radius 1 is 1.21 bits per heavy atom. The van der Waals surface area contributed by atoms with Crippen LogP contribution in [0.4, 0.5) is 5.69 Å². The maximum atomic E-state index is 11.9. The summed E-state index contributed by atoms with van der Waals surface area (Å²) in [7, 11) is 0. The largest absolute Gasteiger partial charge is 0.304 e.